The van der Waals surface area contributed by atoms with E-state index in [1.54, 1.807) is 0 Å². The molecule has 0 amide bonds. The lowest BCUT2D eigenvalue weighted by Crippen LogP contribution is -2.19. The predicted molar refractivity (Wildman–Crippen MR) is 72.2 cm³/mol. The number of ether oxygens (including phenoxy) is 1. The van der Waals surface area contributed by atoms with Gasteiger partial charge in [0, 0.05) is 23.6 Å². The van der Waals surface area contributed by atoms with Crippen LogP contribution in [0.25, 0.3) is 10.9 Å². The topological polar surface area (TPSA) is 34.1 Å². The zero-order valence-corrected chi connectivity index (χ0v) is 10.4. The molecule has 3 heteroatoms. The fraction of sp³-hybridized carbons (Fsp3) is 0.267. The monoisotopic (exact) mass is 240 g/mol. The van der Waals surface area contributed by atoms with Crippen LogP contribution in [0.1, 0.15) is 18.0 Å². The number of benzene rings is 1. The molecule has 1 aromatic heterocycles. The maximum atomic E-state index is 5.68. The Hall–Kier alpha value is -1.87. The van der Waals surface area contributed by atoms with E-state index in [-0.39, 0.29) is 6.04 Å². The van der Waals surface area contributed by atoms with E-state index in [1.165, 1.54) is 5.56 Å². The molecule has 3 nitrogen and oxygen atoms in total. The minimum absolute atomic E-state index is 0.0890. The van der Waals surface area contributed by atoms with Crippen molar-refractivity contribution in [2.75, 3.05) is 13.7 Å². The molecule has 0 aliphatic carbocycles. The number of aromatic nitrogens is 1. The van der Waals surface area contributed by atoms with E-state index in [0.717, 1.165) is 29.7 Å². The van der Waals surface area contributed by atoms with Crippen molar-refractivity contribution >= 4 is 10.9 Å². The van der Waals surface area contributed by atoms with Crippen LogP contribution in [-0.4, -0.2) is 18.6 Å². The molecule has 1 aliphatic heterocycles. The molecule has 1 aromatic carbocycles. The molecule has 1 atom stereocenters. The van der Waals surface area contributed by atoms with Crippen molar-refractivity contribution in [3.05, 3.63) is 53.9 Å². The molecule has 0 saturated carbocycles. The molecular weight excluding hydrogens is 224 g/mol. The molecule has 0 fully saturated rings. The number of para-hydroxylation sites is 1. The van der Waals surface area contributed by atoms with E-state index in [0.29, 0.717) is 0 Å². The first-order valence-electron chi connectivity index (χ1n) is 6.24. The van der Waals surface area contributed by atoms with Gasteiger partial charge in [-0.3, -0.25) is 4.98 Å². The highest BCUT2D eigenvalue weighted by Gasteiger charge is 2.21. The third-order valence-corrected chi connectivity index (χ3v) is 3.28. The first-order valence-corrected chi connectivity index (χ1v) is 6.24. The average molecular weight is 240 g/mol. The molecule has 1 N–H and O–H groups in total. The highest BCUT2D eigenvalue weighted by atomic mass is 16.5. The quantitative estimate of drug-likeness (QED) is 0.895. The minimum Gasteiger partial charge on any atom is -0.496 e. The lowest BCUT2D eigenvalue weighted by atomic mass is 10.0. The van der Waals surface area contributed by atoms with Gasteiger partial charge in [0.2, 0.25) is 0 Å². The number of nitrogens with zero attached hydrogens (tertiary/aromatic N) is 1. The maximum Gasteiger partial charge on any atom is 0.114 e. The van der Waals surface area contributed by atoms with Gasteiger partial charge < -0.3 is 10.1 Å². The van der Waals surface area contributed by atoms with Crippen LogP contribution >= 0.6 is 0 Å². The van der Waals surface area contributed by atoms with Crippen LogP contribution < -0.4 is 5.32 Å². The molecule has 1 unspecified atom stereocenters. The Balaban J connectivity index is 2.12. The van der Waals surface area contributed by atoms with Gasteiger partial charge in [-0.1, -0.05) is 24.3 Å². The SMILES string of the molecule is CNC(C1=CCCO1)c1cccc2cccnc12. The second-order valence-corrected chi connectivity index (χ2v) is 4.39. The lowest BCUT2D eigenvalue weighted by molar-refractivity contribution is 0.218. The number of hydrogen-bond acceptors (Lipinski definition) is 3. The molecule has 0 saturated heterocycles. The van der Waals surface area contributed by atoms with Gasteiger partial charge in [0.1, 0.15) is 5.76 Å². The number of rotatable bonds is 3. The van der Waals surface area contributed by atoms with Crippen molar-refractivity contribution in [2.24, 2.45) is 0 Å². The minimum atomic E-state index is 0.0890. The van der Waals surface area contributed by atoms with Crippen molar-refractivity contribution in [2.45, 2.75) is 12.5 Å². The standard InChI is InChI=1S/C15H16N2O/c1-16-15(13-8-4-10-18-13)12-7-2-5-11-6-3-9-17-14(11)12/h2-3,5-9,15-16H,4,10H2,1H3. The molecule has 2 heterocycles. The summed E-state index contributed by atoms with van der Waals surface area (Å²) >= 11 is 0. The molecule has 2 aromatic rings. The van der Waals surface area contributed by atoms with E-state index in [9.17, 15) is 0 Å². The summed E-state index contributed by atoms with van der Waals surface area (Å²) in [7, 11) is 1.95. The highest BCUT2D eigenvalue weighted by Crippen LogP contribution is 2.30. The van der Waals surface area contributed by atoms with Gasteiger partial charge in [-0.2, -0.15) is 0 Å². The molecule has 3 rings (SSSR count). The van der Waals surface area contributed by atoms with Crippen molar-refractivity contribution in [1.82, 2.24) is 10.3 Å². The summed E-state index contributed by atoms with van der Waals surface area (Å²) in [6.07, 6.45) is 4.98. The predicted octanol–water partition coefficient (Wildman–Crippen LogP) is 2.80. The normalized spacial score (nSPS) is 16.4. The highest BCUT2D eigenvalue weighted by molar-refractivity contribution is 5.82. The second kappa shape index (κ2) is 4.78. The summed E-state index contributed by atoms with van der Waals surface area (Å²) in [5, 5.41) is 4.48. The Morgan fingerprint density at radius 3 is 2.94 bits per heavy atom. The third-order valence-electron chi connectivity index (χ3n) is 3.28. The largest absolute Gasteiger partial charge is 0.496 e. The summed E-state index contributed by atoms with van der Waals surface area (Å²) in [5.41, 5.74) is 2.21. The van der Waals surface area contributed by atoms with Crippen molar-refractivity contribution in [1.29, 1.82) is 0 Å². The third kappa shape index (κ3) is 1.87. The second-order valence-electron chi connectivity index (χ2n) is 4.39. The van der Waals surface area contributed by atoms with E-state index >= 15 is 0 Å². The number of pyridine rings is 1. The van der Waals surface area contributed by atoms with Gasteiger partial charge >= 0.3 is 0 Å². The first kappa shape index (κ1) is 11.2. The Morgan fingerprint density at radius 1 is 1.28 bits per heavy atom. The van der Waals surface area contributed by atoms with Gasteiger partial charge in [-0.15, -0.1) is 0 Å². The van der Waals surface area contributed by atoms with Crippen molar-refractivity contribution in [3.8, 4) is 0 Å². The fourth-order valence-electron chi connectivity index (χ4n) is 2.45. The Morgan fingerprint density at radius 2 is 2.17 bits per heavy atom. The molecule has 0 radical (unpaired) electrons. The van der Waals surface area contributed by atoms with E-state index in [1.807, 2.05) is 19.3 Å². The zero-order valence-electron chi connectivity index (χ0n) is 10.4. The first-order chi connectivity index (χ1) is 8.90. The summed E-state index contributed by atoms with van der Waals surface area (Å²) in [6.45, 7) is 0.783. The number of fused-ring (bicyclic) bond motifs is 1. The molecule has 18 heavy (non-hydrogen) atoms. The number of hydrogen-bond donors (Lipinski definition) is 1. The van der Waals surface area contributed by atoms with Crippen LogP contribution in [0.15, 0.2) is 48.4 Å². The van der Waals surface area contributed by atoms with E-state index in [4.69, 9.17) is 4.74 Å². The maximum absolute atomic E-state index is 5.68. The lowest BCUT2D eigenvalue weighted by Gasteiger charge is -2.19. The van der Waals surface area contributed by atoms with E-state index in [2.05, 4.69) is 40.6 Å². The van der Waals surface area contributed by atoms with Gasteiger partial charge in [0.25, 0.3) is 0 Å². The summed E-state index contributed by atoms with van der Waals surface area (Å²) in [5.74, 6) is 1.01. The van der Waals surface area contributed by atoms with Crippen LogP contribution in [0.3, 0.4) is 0 Å². The summed E-state index contributed by atoms with van der Waals surface area (Å²) < 4.78 is 5.68. The van der Waals surface area contributed by atoms with Crippen LogP contribution in [-0.2, 0) is 4.74 Å². The number of likely N-dealkylation sites (N-methyl/N-ethyl adjacent to an activating group) is 1. The molecule has 1 aliphatic rings. The molecule has 0 bridgehead atoms. The van der Waals surface area contributed by atoms with Crippen LogP contribution in [0.4, 0.5) is 0 Å². The molecule has 92 valence electrons. The van der Waals surface area contributed by atoms with Crippen molar-refractivity contribution < 1.29 is 4.74 Å². The van der Waals surface area contributed by atoms with E-state index < -0.39 is 0 Å². The summed E-state index contributed by atoms with van der Waals surface area (Å²) in [6, 6.07) is 10.4. The van der Waals surface area contributed by atoms with Gasteiger partial charge in [-0.05, 0) is 19.2 Å². The summed E-state index contributed by atoms with van der Waals surface area (Å²) in [4.78, 5) is 4.50. The molecule has 0 spiro atoms. The van der Waals surface area contributed by atoms with Crippen LogP contribution in [0.2, 0.25) is 0 Å². The zero-order chi connectivity index (χ0) is 12.4. The van der Waals surface area contributed by atoms with Crippen LogP contribution in [0, 0.1) is 0 Å². The number of nitrogens with one attached hydrogen (secondary N) is 1. The Bertz CT molecular complexity index is 587. The fourth-order valence-corrected chi connectivity index (χ4v) is 2.45. The Kier molecular flexibility index (Phi) is 2.99. The average Bonchev–Trinajstić information content (AvgIpc) is 2.94. The smallest absolute Gasteiger partial charge is 0.114 e. The van der Waals surface area contributed by atoms with Gasteiger partial charge in [-0.25, -0.2) is 0 Å². The van der Waals surface area contributed by atoms with Crippen LogP contribution in [0.5, 0.6) is 0 Å². The Labute approximate surface area is 106 Å². The van der Waals surface area contributed by atoms with Gasteiger partial charge in [0.05, 0.1) is 18.2 Å². The molecular formula is C15H16N2O. The van der Waals surface area contributed by atoms with Crippen molar-refractivity contribution in [3.63, 3.8) is 0 Å². The van der Waals surface area contributed by atoms with Gasteiger partial charge in [0.15, 0.2) is 0 Å².